The quantitative estimate of drug-likeness (QED) is 0.767. The van der Waals surface area contributed by atoms with Crippen LogP contribution in [0.5, 0.6) is 0 Å². The molecule has 1 fully saturated rings. The number of benzene rings is 1. The van der Waals surface area contributed by atoms with Gasteiger partial charge in [0.05, 0.1) is 5.56 Å². The van der Waals surface area contributed by atoms with Gasteiger partial charge in [-0.3, -0.25) is 0 Å². The predicted molar refractivity (Wildman–Crippen MR) is 90.6 cm³/mol. The molecular weight excluding hydrogens is 349 g/mol. The zero-order valence-corrected chi connectivity index (χ0v) is 14.3. The summed E-state index contributed by atoms with van der Waals surface area (Å²) in [5.41, 5.74) is 5.37. The van der Waals surface area contributed by atoms with Crippen molar-refractivity contribution < 1.29 is 17.6 Å². The summed E-state index contributed by atoms with van der Waals surface area (Å²) in [6, 6.07) is 3.54. The second kappa shape index (κ2) is 7.14. The van der Waals surface area contributed by atoms with E-state index >= 15 is 0 Å². The van der Waals surface area contributed by atoms with Gasteiger partial charge in [-0.1, -0.05) is 0 Å². The zero-order valence-electron chi connectivity index (χ0n) is 14.3. The molecule has 2 aromatic rings. The number of H-pyrrole nitrogens is 1. The molecule has 1 heterocycles. The number of nitrogens with one attached hydrogen (secondary N) is 2. The van der Waals surface area contributed by atoms with Crippen LogP contribution < -0.4 is 16.8 Å². The normalized spacial score (nSPS) is 22.2. The lowest BCUT2D eigenvalue weighted by molar-refractivity contribution is -0.137. The molecule has 1 atom stereocenters. The smallest absolute Gasteiger partial charge is 0.388 e. The van der Waals surface area contributed by atoms with Crippen LogP contribution >= 0.6 is 0 Å². The van der Waals surface area contributed by atoms with Crippen molar-refractivity contribution in [1.82, 2.24) is 10.2 Å². The van der Waals surface area contributed by atoms with Gasteiger partial charge in [0.25, 0.3) is 0 Å². The third-order valence-electron chi connectivity index (χ3n) is 4.92. The third kappa shape index (κ3) is 4.09. The molecule has 0 saturated heterocycles. The SMILES string of the molecule is CC(Nc1cc(-c2n[nH]c(=O)o2)ccc1C(F)(F)F)C1CCC(N)CC1. The first-order chi connectivity index (χ1) is 12.2. The molecular formula is C17H21F3N4O2. The highest BCUT2D eigenvalue weighted by molar-refractivity contribution is 5.65. The Balaban J connectivity index is 1.88. The minimum absolute atomic E-state index is 0.0527. The molecule has 6 nitrogen and oxygen atoms in total. The first-order valence-corrected chi connectivity index (χ1v) is 8.53. The van der Waals surface area contributed by atoms with Crippen LogP contribution in [0.2, 0.25) is 0 Å². The molecule has 0 radical (unpaired) electrons. The average Bonchev–Trinajstić information content (AvgIpc) is 3.01. The second-order valence-corrected chi connectivity index (χ2v) is 6.78. The van der Waals surface area contributed by atoms with Gasteiger partial charge in [-0.2, -0.15) is 13.2 Å². The van der Waals surface area contributed by atoms with E-state index in [1.54, 1.807) is 0 Å². The van der Waals surface area contributed by atoms with Gasteiger partial charge < -0.3 is 15.5 Å². The number of alkyl halides is 3. The fourth-order valence-corrected chi connectivity index (χ4v) is 3.41. The summed E-state index contributed by atoms with van der Waals surface area (Å²) in [5, 5.41) is 8.77. The van der Waals surface area contributed by atoms with E-state index in [4.69, 9.17) is 10.2 Å². The van der Waals surface area contributed by atoms with Crippen molar-refractivity contribution in [1.29, 1.82) is 0 Å². The zero-order chi connectivity index (χ0) is 18.9. The summed E-state index contributed by atoms with van der Waals surface area (Å²) in [4.78, 5) is 11.1. The van der Waals surface area contributed by atoms with Gasteiger partial charge in [-0.05, 0) is 56.7 Å². The van der Waals surface area contributed by atoms with Crippen molar-refractivity contribution in [2.45, 2.75) is 50.9 Å². The van der Waals surface area contributed by atoms with Gasteiger partial charge in [0.1, 0.15) is 0 Å². The van der Waals surface area contributed by atoms with Gasteiger partial charge in [0.15, 0.2) is 0 Å². The number of nitrogens with zero attached hydrogens (tertiary/aromatic N) is 1. The molecule has 1 aliphatic rings. The van der Waals surface area contributed by atoms with Crippen LogP contribution in [0.15, 0.2) is 27.4 Å². The van der Waals surface area contributed by atoms with E-state index in [-0.39, 0.29) is 35.1 Å². The molecule has 1 aromatic heterocycles. The fraction of sp³-hybridized carbons (Fsp3) is 0.529. The summed E-state index contributed by atoms with van der Waals surface area (Å²) < 4.78 is 45.0. The molecule has 0 spiro atoms. The number of aromatic nitrogens is 2. The Morgan fingerprint density at radius 1 is 1.31 bits per heavy atom. The standard InChI is InChI=1S/C17H21F3N4O2/c1-9(10-2-5-12(21)6-3-10)22-14-8-11(15-23-24-16(25)26-15)4-7-13(14)17(18,19)20/h4,7-10,12,22H,2-3,5-6,21H2,1H3,(H,24,25). The Hall–Kier alpha value is -2.29. The highest BCUT2D eigenvalue weighted by Gasteiger charge is 2.35. The van der Waals surface area contributed by atoms with Crippen molar-refractivity contribution in [3.8, 4) is 11.5 Å². The molecule has 1 aliphatic carbocycles. The van der Waals surface area contributed by atoms with Crippen LogP contribution in [-0.4, -0.2) is 22.3 Å². The van der Waals surface area contributed by atoms with E-state index in [0.29, 0.717) is 0 Å². The first-order valence-electron chi connectivity index (χ1n) is 8.53. The Kier molecular flexibility index (Phi) is 5.08. The lowest BCUT2D eigenvalue weighted by Gasteiger charge is -2.32. The molecule has 142 valence electrons. The largest absolute Gasteiger partial charge is 0.434 e. The number of halogens is 3. The third-order valence-corrected chi connectivity index (χ3v) is 4.92. The topological polar surface area (TPSA) is 96.9 Å². The lowest BCUT2D eigenvalue weighted by atomic mass is 9.82. The minimum atomic E-state index is -4.50. The summed E-state index contributed by atoms with van der Waals surface area (Å²) in [6.45, 7) is 1.88. The number of hydrogen-bond donors (Lipinski definition) is 3. The summed E-state index contributed by atoms with van der Waals surface area (Å²) >= 11 is 0. The predicted octanol–water partition coefficient (Wildman–Crippen LogP) is 3.37. The lowest BCUT2D eigenvalue weighted by Crippen LogP contribution is -2.34. The van der Waals surface area contributed by atoms with Gasteiger partial charge in [-0.25, -0.2) is 9.89 Å². The Labute approximate surface area is 148 Å². The second-order valence-electron chi connectivity index (χ2n) is 6.78. The average molecular weight is 370 g/mol. The number of rotatable bonds is 4. The molecule has 9 heteroatoms. The van der Waals surface area contributed by atoms with Crippen LogP contribution in [0, 0.1) is 5.92 Å². The molecule has 1 saturated carbocycles. The summed E-state index contributed by atoms with van der Waals surface area (Å²) in [5.74, 6) is -0.563. The van der Waals surface area contributed by atoms with Gasteiger partial charge in [0.2, 0.25) is 5.89 Å². The maximum Gasteiger partial charge on any atom is 0.434 e. The Morgan fingerprint density at radius 3 is 2.58 bits per heavy atom. The highest BCUT2D eigenvalue weighted by atomic mass is 19.4. The number of hydrogen-bond acceptors (Lipinski definition) is 5. The molecule has 0 amide bonds. The number of anilines is 1. The van der Waals surface area contributed by atoms with Crippen molar-refractivity contribution >= 4 is 5.69 Å². The van der Waals surface area contributed by atoms with E-state index in [1.165, 1.54) is 12.1 Å². The van der Waals surface area contributed by atoms with Crippen LogP contribution in [0.1, 0.15) is 38.2 Å². The van der Waals surface area contributed by atoms with Crippen LogP contribution in [-0.2, 0) is 6.18 Å². The van der Waals surface area contributed by atoms with Crippen molar-refractivity contribution in [3.05, 3.63) is 34.3 Å². The van der Waals surface area contributed by atoms with E-state index in [0.717, 1.165) is 31.7 Å². The van der Waals surface area contributed by atoms with E-state index in [1.807, 2.05) is 6.92 Å². The molecule has 0 bridgehead atoms. The van der Waals surface area contributed by atoms with Crippen molar-refractivity contribution in [2.75, 3.05) is 5.32 Å². The van der Waals surface area contributed by atoms with E-state index in [2.05, 4.69) is 15.5 Å². The minimum Gasteiger partial charge on any atom is -0.388 e. The fourth-order valence-electron chi connectivity index (χ4n) is 3.41. The maximum atomic E-state index is 13.4. The number of aromatic amines is 1. The molecule has 4 N–H and O–H groups in total. The van der Waals surface area contributed by atoms with Crippen LogP contribution in [0.4, 0.5) is 18.9 Å². The van der Waals surface area contributed by atoms with E-state index < -0.39 is 17.5 Å². The first kappa shape index (κ1) is 18.5. The molecule has 26 heavy (non-hydrogen) atoms. The number of nitrogens with two attached hydrogens (primary N) is 1. The molecule has 1 aromatic carbocycles. The van der Waals surface area contributed by atoms with Gasteiger partial charge in [0, 0.05) is 23.3 Å². The monoisotopic (exact) mass is 370 g/mol. The van der Waals surface area contributed by atoms with Gasteiger partial charge >= 0.3 is 11.9 Å². The Bertz CT molecular complexity index is 807. The van der Waals surface area contributed by atoms with Crippen molar-refractivity contribution in [3.63, 3.8) is 0 Å². The maximum absolute atomic E-state index is 13.4. The molecule has 1 unspecified atom stereocenters. The van der Waals surface area contributed by atoms with Gasteiger partial charge in [-0.15, -0.1) is 5.10 Å². The van der Waals surface area contributed by atoms with Crippen LogP contribution in [0.25, 0.3) is 11.5 Å². The van der Waals surface area contributed by atoms with Crippen LogP contribution in [0.3, 0.4) is 0 Å². The van der Waals surface area contributed by atoms with Crippen molar-refractivity contribution in [2.24, 2.45) is 11.7 Å². The summed E-state index contributed by atoms with van der Waals surface area (Å²) in [6.07, 6.45) is -0.986. The Morgan fingerprint density at radius 2 is 2.00 bits per heavy atom. The molecule has 0 aliphatic heterocycles. The molecule has 3 rings (SSSR count). The summed E-state index contributed by atoms with van der Waals surface area (Å²) in [7, 11) is 0. The highest BCUT2D eigenvalue weighted by Crippen LogP contribution is 2.38. The van der Waals surface area contributed by atoms with E-state index in [9.17, 15) is 18.0 Å².